The van der Waals surface area contributed by atoms with Gasteiger partial charge in [0, 0.05) is 6.08 Å². The molecule has 0 spiro atoms. The summed E-state index contributed by atoms with van der Waals surface area (Å²) in [6.45, 7) is -0.170. The van der Waals surface area contributed by atoms with Gasteiger partial charge in [-0.3, -0.25) is 14.9 Å². The lowest BCUT2D eigenvalue weighted by Gasteiger charge is -2.01. The quantitative estimate of drug-likeness (QED) is 0.708. The van der Waals surface area contributed by atoms with E-state index in [-0.39, 0.29) is 18.5 Å². The van der Waals surface area contributed by atoms with Crippen molar-refractivity contribution in [3.63, 3.8) is 0 Å². The lowest BCUT2D eigenvalue weighted by Crippen LogP contribution is -2.31. The highest BCUT2D eigenvalue weighted by Crippen LogP contribution is 2.17. The molecule has 24 heavy (non-hydrogen) atoms. The Morgan fingerprint density at radius 1 is 1.04 bits per heavy atom. The van der Waals surface area contributed by atoms with Crippen molar-refractivity contribution < 1.29 is 14.0 Å². The van der Waals surface area contributed by atoms with E-state index in [1.807, 2.05) is 42.5 Å². The Balaban J connectivity index is 1.50. The predicted octanol–water partition coefficient (Wildman–Crippen LogP) is 2.60. The van der Waals surface area contributed by atoms with Gasteiger partial charge in [-0.2, -0.15) is 4.98 Å². The molecular formula is C18H15N3O3. The van der Waals surface area contributed by atoms with E-state index in [2.05, 4.69) is 15.6 Å². The van der Waals surface area contributed by atoms with E-state index >= 15 is 0 Å². The molecule has 0 aliphatic rings. The van der Waals surface area contributed by atoms with Crippen LogP contribution in [-0.4, -0.2) is 23.3 Å². The van der Waals surface area contributed by atoms with E-state index < -0.39 is 5.91 Å². The molecule has 0 aliphatic carbocycles. The average molecular weight is 321 g/mol. The number of oxazole rings is 1. The summed E-state index contributed by atoms with van der Waals surface area (Å²) in [4.78, 5) is 27.6. The zero-order chi connectivity index (χ0) is 16.8. The first kappa shape index (κ1) is 15.5. The van der Waals surface area contributed by atoms with Crippen LogP contribution >= 0.6 is 0 Å². The number of nitrogens with one attached hydrogen (secondary N) is 2. The monoisotopic (exact) mass is 321 g/mol. The van der Waals surface area contributed by atoms with Crippen LogP contribution in [0.1, 0.15) is 5.56 Å². The summed E-state index contributed by atoms with van der Waals surface area (Å²) in [5.74, 6) is -0.769. The number of carbonyl (C=O) groups is 2. The molecular weight excluding hydrogens is 306 g/mol. The van der Waals surface area contributed by atoms with Crippen LogP contribution in [-0.2, 0) is 9.59 Å². The van der Waals surface area contributed by atoms with E-state index in [4.69, 9.17) is 4.42 Å². The topological polar surface area (TPSA) is 84.2 Å². The second kappa shape index (κ2) is 7.23. The normalized spacial score (nSPS) is 10.8. The van der Waals surface area contributed by atoms with Crippen molar-refractivity contribution in [1.29, 1.82) is 0 Å². The maximum absolute atomic E-state index is 11.8. The zero-order valence-electron chi connectivity index (χ0n) is 12.7. The summed E-state index contributed by atoms with van der Waals surface area (Å²) in [6, 6.07) is 16.7. The number of rotatable bonds is 5. The third-order valence-corrected chi connectivity index (χ3v) is 3.19. The van der Waals surface area contributed by atoms with Crippen molar-refractivity contribution in [3.05, 3.63) is 66.2 Å². The second-order valence-corrected chi connectivity index (χ2v) is 5.00. The van der Waals surface area contributed by atoms with Gasteiger partial charge in [0.1, 0.15) is 5.52 Å². The minimum absolute atomic E-state index is 0.107. The maximum atomic E-state index is 11.8. The minimum atomic E-state index is -0.414. The molecule has 1 heterocycles. The molecule has 6 nitrogen and oxygen atoms in total. The number of para-hydroxylation sites is 2. The van der Waals surface area contributed by atoms with Crippen molar-refractivity contribution in [1.82, 2.24) is 10.3 Å². The van der Waals surface area contributed by atoms with Crippen LogP contribution in [0.2, 0.25) is 0 Å². The molecule has 6 heteroatoms. The highest BCUT2D eigenvalue weighted by molar-refractivity contribution is 5.97. The number of carbonyl (C=O) groups excluding carboxylic acids is 2. The van der Waals surface area contributed by atoms with Crippen molar-refractivity contribution in [2.75, 3.05) is 11.9 Å². The molecule has 2 aromatic carbocycles. The molecule has 1 aromatic heterocycles. The predicted molar refractivity (Wildman–Crippen MR) is 91.1 cm³/mol. The number of anilines is 1. The van der Waals surface area contributed by atoms with Crippen LogP contribution in [0.3, 0.4) is 0 Å². The molecule has 0 aliphatic heterocycles. The molecule has 0 bridgehead atoms. The Bertz CT molecular complexity index is 852. The van der Waals surface area contributed by atoms with Gasteiger partial charge in [-0.1, -0.05) is 42.5 Å². The van der Waals surface area contributed by atoms with Gasteiger partial charge in [-0.05, 0) is 23.8 Å². The minimum Gasteiger partial charge on any atom is -0.423 e. The van der Waals surface area contributed by atoms with Gasteiger partial charge in [0.15, 0.2) is 5.58 Å². The number of aromatic nitrogens is 1. The number of fused-ring (bicyclic) bond motifs is 1. The summed E-state index contributed by atoms with van der Waals surface area (Å²) < 4.78 is 5.38. The second-order valence-electron chi connectivity index (χ2n) is 5.00. The van der Waals surface area contributed by atoms with Crippen molar-refractivity contribution in [2.24, 2.45) is 0 Å². The van der Waals surface area contributed by atoms with E-state index in [0.717, 1.165) is 5.56 Å². The van der Waals surface area contributed by atoms with E-state index in [0.29, 0.717) is 11.1 Å². The highest BCUT2D eigenvalue weighted by atomic mass is 16.4. The number of hydrogen-bond acceptors (Lipinski definition) is 4. The van der Waals surface area contributed by atoms with Gasteiger partial charge < -0.3 is 9.73 Å². The zero-order valence-corrected chi connectivity index (χ0v) is 12.7. The summed E-state index contributed by atoms with van der Waals surface area (Å²) in [6.07, 6.45) is 3.05. The molecule has 3 aromatic rings. The lowest BCUT2D eigenvalue weighted by molar-refractivity contribution is -0.121. The fraction of sp³-hybridized carbons (Fsp3) is 0.0556. The Labute approximate surface area is 138 Å². The number of amides is 2. The Hall–Kier alpha value is -3.41. The molecule has 3 rings (SSSR count). The molecule has 0 atom stereocenters. The van der Waals surface area contributed by atoms with E-state index in [1.54, 1.807) is 18.2 Å². The van der Waals surface area contributed by atoms with Gasteiger partial charge in [0.05, 0.1) is 6.54 Å². The van der Waals surface area contributed by atoms with Crippen molar-refractivity contribution in [2.45, 2.75) is 0 Å². The SMILES string of the molecule is O=C(C=Cc1ccccc1)NCC(=O)Nc1nc2ccccc2o1. The smallest absolute Gasteiger partial charge is 0.302 e. The van der Waals surface area contributed by atoms with Crippen LogP contribution in [0.5, 0.6) is 0 Å². The van der Waals surface area contributed by atoms with Crippen molar-refractivity contribution >= 4 is 35.0 Å². The van der Waals surface area contributed by atoms with Gasteiger partial charge in [-0.15, -0.1) is 0 Å². The van der Waals surface area contributed by atoms with E-state index in [9.17, 15) is 9.59 Å². The molecule has 2 amide bonds. The highest BCUT2D eigenvalue weighted by Gasteiger charge is 2.09. The van der Waals surface area contributed by atoms with Gasteiger partial charge >= 0.3 is 6.01 Å². The van der Waals surface area contributed by atoms with Crippen molar-refractivity contribution in [3.8, 4) is 0 Å². The maximum Gasteiger partial charge on any atom is 0.302 e. The fourth-order valence-electron chi connectivity index (χ4n) is 2.05. The van der Waals surface area contributed by atoms with E-state index in [1.165, 1.54) is 6.08 Å². The Morgan fingerprint density at radius 2 is 1.79 bits per heavy atom. The van der Waals surface area contributed by atoms with Crippen LogP contribution in [0.4, 0.5) is 6.01 Å². The molecule has 2 N–H and O–H groups in total. The van der Waals surface area contributed by atoms with Crippen LogP contribution in [0.15, 0.2) is 65.1 Å². The summed E-state index contributed by atoms with van der Waals surface area (Å²) in [5.41, 5.74) is 2.15. The lowest BCUT2D eigenvalue weighted by atomic mass is 10.2. The molecule has 120 valence electrons. The first-order valence-corrected chi connectivity index (χ1v) is 7.37. The fourth-order valence-corrected chi connectivity index (χ4v) is 2.05. The Kier molecular flexibility index (Phi) is 4.67. The molecule has 0 radical (unpaired) electrons. The Morgan fingerprint density at radius 3 is 2.58 bits per heavy atom. The van der Waals surface area contributed by atoms with Crippen LogP contribution in [0, 0.1) is 0 Å². The van der Waals surface area contributed by atoms with Crippen LogP contribution in [0.25, 0.3) is 17.2 Å². The first-order valence-electron chi connectivity index (χ1n) is 7.37. The largest absolute Gasteiger partial charge is 0.423 e. The number of benzene rings is 2. The van der Waals surface area contributed by atoms with Gasteiger partial charge in [0.2, 0.25) is 11.8 Å². The summed E-state index contributed by atoms with van der Waals surface area (Å²) in [5, 5.41) is 5.00. The standard InChI is InChI=1S/C18H15N3O3/c22-16(11-10-13-6-2-1-3-7-13)19-12-17(23)21-18-20-14-8-4-5-9-15(14)24-18/h1-11H,12H2,(H,19,22)(H,20,21,23). The summed E-state index contributed by atoms with van der Waals surface area (Å²) >= 11 is 0. The van der Waals surface area contributed by atoms with Gasteiger partial charge in [0.25, 0.3) is 0 Å². The van der Waals surface area contributed by atoms with Gasteiger partial charge in [-0.25, -0.2) is 0 Å². The third-order valence-electron chi connectivity index (χ3n) is 3.19. The third kappa shape index (κ3) is 4.07. The molecule has 0 fully saturated rings. The van der Waals surface area contributed by atoms with Crippen LogP contribution < -0.4 is 10.6 Å². The first-order chi connectivity index (χ1) is 11.7. The molecule has 0 unspecified atom stereocenters. The molecule has 0 saturated carbocycles. The number of hydrogen-bond donors (Lipinski definition) is 2. The summed E-state index contributed by atoms with van der Waals surface area (Å²) in [7, 11) is 0. The molecule has 0 saturated heterocycles. The number of nitrogens with zero attached hydrogens (tertiary/aromatic N) is 1. The average Bonchev–Trinajstić information content (AvgIpc) is 3.01.